The Labute approximate surface area is 244 Å². The standard InChI is InChI=1S/2C12H15O.CN.BF3.Cu.2Li/c2*1-2-3-7-10-13-11-12-8-5-4-6-9-12;1-2;2-1(3)4;;;/h2*4-6,8-9H,1,3,7,10-11H2;;;;;/q3*-1;;3*+1. The molecule has 0 fully saturated rings. The molecule has 0 aliphatic rings. The van der Waals surface area contributed by atoms with Crippen molar-refractivity contribution in [2.75, 3.05) is 13.2 Å². The Balaban J connectivity index is -0.000000131. The molecule has 2 aromatic carbocycles. The number of benzene rings is 2. The van der Waals surface area contributed by atoms with Crippen LogP contribution < -0.4 is 37.7 Å². The second kappa shape index (κ2) is 37.4. The Hall–Kier alpha value is -1.10. The SMILES string of the molecule is C=[C-]CCCOCc1ccccc1.C=[C-]CCCOCc1ccccc1.FB(F)F.[C-]#N.[Cu+].[Li+].[Li+]. The van der Waals surface area contributed by atoms with Gasteiger partial charge in [-0.1, -0.05) is 73.5 Å². The monoisotopic (exact) mass is 521 g/mol. The normalized spacial score (nSPS) is 8.14. The number of rotatable bonds is 12. The van der Waals surface area contributed by atoms with Gasteiger partial charge in [0, 0.05) is 13.2 Å². The van der Waals surface area contributed by atoms with Crippen LogP contribution in [0.25, 0.3) is 0 Å². The summed E-state index contributed by atoms with van der Waals surface area (Å²) in [6.45, 7) is 14.8. The fraction of sp³-hybridized carbons (Fsp3) is 0.320. The Bertz CT molecular complexity index is 632. The molecule has 3 nitrogen and oxygen atoms in total. The van der Waals surface area contributed by atoms with E-state index in [-0.39, 0.29) is 54.8 Å². The van der Waals surface area contributed by atoms with Crippen molar-refractivity contribution < 1.29 is 77.2 Å². The molecule has 0 spiro atoms. The van der Waals surface area contributed by atoms with E-state index in [1.165, 1.54) is 11.1 Å². The van der Waals surface area contributed by atoms with Crippen LogP contribution in [0.15, 0.2) is 73.8 Å². The minimum atomic E-state index is -3.67. The average Bonchev–Trinajstić information content (AvgIpc) is 2.82. The molecule has 2 rings (SSSR count). The largest absolute Gasteiger partial charge is 1.00 e. The van der Waals surface area contributed by atoms with Crippen LogP contribution in [-0.4, -0.2) is 20.8 Å². The maximum atomic E-state index is 9.67. The first-order valence-electron chi connectivity index (χ1n) is 9.98. The second-order valence-electron chi connectivity index (χ2n) is 6.03. The van der Waals surface area contributed by atoms with Crippen molar-refractivity contribution in [1.82, 2.24) is 0 Å². The van der Waals surface area contributed by atoms with Crippen LogP contribution in [0.1, 0.15) is 36.8 Å². The summed E-state index contributed by atoms with van der Waals surface area (Å²) in [7, 11) is -3.67. The fourth-order valence-corrected chi connectivity index (χ4v) is 2.13. The molecule has 0 aromatic heterocycles. The molecule has 0 saturated carbocycles. The number of nitrogens with zero attached hydrogens (tertiary/aromatic N) is 1. The zero-order chi connectivity index (χ0) is 24.3. The van der Waals surface area contributed by atoms with E-state index >= 15 is 0 Å². The number of unbranched alkanes of at least 4 members (excludes halogenated alkanes) is 2. The Kier molecular flexibility index (Phi) is 47.0. The summed E-state index contributed by atoms with van der Waals surface area (Å²) in [5, 5.41) is 6.25. The van der Waals surface area contributed by atoms with Gasteiger partial charge in [0.25, 0.3) is 0 Å². The second-order valence-corrected chi connectivity index (χ2v) is 6.03. The maximum absolute atomic E-state index is 9.67. The van der Waals surface area contributed by atoms with Crippen LogP contribution in [0.4, 0.5) is 12.9 Å². The summed E-state index contributed by atoms with van der Waals surface area (Å²) in [4.78, 5) is 0. The molecule has 0 radical (unpaired) electrons. The quantitative estimate of drug-likeness (QED) is 0.237. The Morgan fingerprint density at radius 1 is 0.714 bits per heavy atom. The molecule has 184 valence electrons. The van der Waals surface area contributed by atoms with Gasteiger partial charge in [0.15, 0.2) is 0 Å². The predicted molar refractivity (Wildman–Crippen MR) is 122 cm³/mol. The van der Waals surface area contributed by atoms with Crippen molar-refractivity contribution >= 4 is 7.54 Å². The van der Waals surface area contributed by atoms with E-state index in [9.17, 15) is 12.9 Å². The topological polar surface area (TPSA) is 42.2 Å². The van der Waals surface area contributed by atoms with Crippen molar-refractivity contribution in [2.24, 2.45) is 0 Å². The summed E-state index contributed by atoms with van der Waals surface area (Å²) in [5.74, 6) is 0. The van der Waals surface area contributed by atoms with E-state index in [0.717, 1.165) is 38.9 Å². The first-order chi connectivity index (χ1) is 15.6. The number of ether oxygens (including phenoxy) is 2. The molecule has 0 aliphatic carbocycles. The molecule has 0 unspecified atom stereocenters. The molecule has 10 heteroatoms. The number of hydrogen-bond acceptors (Lipinski definition) is 3. The third-order valence-corrected chi connectivity index (χ3v) is 3.51. The van der Waals surface area contributed by atoms with Gasteiger partial charge in [-0.3, -0.25) is 26.1 Å². The molecular weight excluding hydrogens is 492 g/mol. The first kappa shape index (κ1) is 43.9. The average molecular weight is 522 g/mol. The van der Waals surface area contributed by atoms with E-state index in [0.29, 0.717) is 13.2 Å². The minimum absolute atomic E-state index is 0. The van der Waals surface area contributed by atoms with E-state index in [1.54, 1.807) is 0 Å². The number of allylic oxidation sites excluding steroid dienone is 2. The molecule has 0 atom stereocenters. The van der Waals surface area contributed by atoms with Crippen molar-refractivity contribution in [3.63, 3.8) is 0 Å². The van der Waals surface area contributed by atoms with Crippen LogP contribution in [-0.2, 0) is 39.8 Å². The number of hydrogen-bond donors (Lipinski definition) is 0. The van der Waals surface area contributed by atoms with E-state index < -0.39 is 7.54 Å². The van der Waals surface area contributed by atoms with Gasteiger partial charge in [0.2, 0.25) is 0 Å². The Morgan fingerprint density at radius 2 is 1.00 bits per heavy atom. The first-order valence-corrected chi connectivity index (χ1v) is 9.98. The van der Waals surface area contributed by atoms with E-state index in [1.807, 2.05) is 36.4 Å². The van der Waals surface area contributed by atoms with Crippen LogP contribution in [0.2, 0.25) is 0 Å². The smallest absolute Gasteiger partial charge is 0.512 e. The van der Waals surface area contributed by atoms with Crippen molar-refractivity contribution in [3.8, 4) is 0 Å². The molecule has 0 amide bonds. The molecule has 0 aliphatic heterocycles. The van der Waals surface area contributed by atoms with Gasteiger partial charge in [-0.2, -0.15) is 12.8 Å². The third-order valence-electron chi connectivity index (χ3n) is 3.51. The van der Waals surface area contributed by atoms with Crippen LogP contribution in [0.5, 0.6) is 0 Å². The van der Waals surface area contributed by atoms with Gasteiger partial charge in [-0.15, -0.1) is 0 Å². The molecule has 0 heterocycles. The van der Waals surface area contributed by atoms with E-state index in [4.69, 9.17) is 21.3 Å². The van der Waals surface area contributed by atoms with Crippen molar-refractivity contribution in [3.05, 3.63) is 104 Å². The summed E-state index contributed by atoms with van der Waals surface area (Å²) in [5.41, 5.74) is 2.45. The zero-order valence-electron chi connectivity index (χ0n) is 20.6. The van der Waals surface area contributed by atoms with Gasteiger partial charge in [-0.25, -0.2) is 0 Å². The van der Waals surface area contributed by atoms with Gasteiger partial charge in [0.1, 0.15) is 0 Å². The fourth-order valence-electron chi connectivity index (χ4n) is 2.13. The molecule has 35 heavy (non-hydrogen) atoms. The number of halogens is 3. The van der Waals surface area contributed by atoms with Gasteiger partial charge in [-0.05, 0) is 11.1 Å². The van der Waals surface area contributed by atoms with Crippen LogP contribution >= 0.6 is 0 Å². The zero-order valence-corrected chi connectivity index (χ0v) is 21.6. The molecule has 2 aromatic rings. The van der Waals surface area contributed by atoms with Crippen molar-refractivity contribution in [1.29, 1.82) is 5.26 Å². The predicted octanol–water partition coefficient (Wildman–Crippen LogP) is 0.927. The van der Waals surface area contributed by atoms with Gasteiger partial charge in [0.05, 0.1) is 13.2 Å². The van der Waals surface area contributed by atoms with Crippen LogP contribution in [0.3, 0.4) is 0 Å². The summed E-state index contributed by atoms with van der Waals surface area (Å²) in [6, 6.07) is 20.4. The van der Waals surface area contributed by atoms with Gasteiger partial charge >= 0.3 is 62.3 Å². The molecule has 0 N–H and O–H groups in total. The van der Waals surface area contributed by atoms with Crippen molar-refractivity contribution in [2.45, 2.75) is 38.9 Å². The minimum Gasteiger partial charge on any atom is -0.512 e. The molecule has 0 saturated heterocycles. The van der Waals surface area contributed by atoms with Gasteiger partial charge < -0.3 is 33.5 Å². The molecule has 0 bridgehead atoms. The Morgan fingerprint density at radius 3 is 1.26 bits per heavy atom. The van der Waals surface area contributed by atoms with Crippen LogP contribution in [0, 0.1) is 24.0 Å². The molecular formula is C25H30BCuF3Li2NO2. The summed E-state index contributed by atoms with van der Waals surface area (Å²) in [6.07, 6.45) is 9.52. The van der Waals surface area contributed by atoms with E-state index in [2.05, 4.69) is 49.6 Å². The summed E-state index contributed by atoms with van der Waals surface area (Å²) < 4.78 is 39.9. The third kappa shape index (κ3) is 37.6. The summed E-state index contributed by atoms with van der Waals surface area (Å²) >= 11 is 0. The maximum Gasteiger partial charge on any atom is 1.00 e.